The highest BCUT2D eigenvalue weighted by atomic mass is 32.2. The van der Waals surface area contributed by atoms with Gasteiger partial charge in [0.25, 0.3) is 0 Å². The topological polar surface area (TPSA) is 50.3 Å². The highest BCUT2D eigenvalue weighted by Gasteiger charge is 2.19. The number of rotatable bonds is 5. The fourth-order valence-electron chi connectivity index (χ4n) is 2.23. The second kappa shape index (κ2) is 6.96. The number of ether oxygens (including phenoxy) is 1. The largest absolute Gasteiger partial charge is 0.476 e. The number of nitrogens with one attached hydrogen (secondary N) is 1. The predicted octanol–water partition coefficient (Wildman–Crippen LogP) is 2.10. The van der Waals surface area contributed by atoms with Gasteiger partial charge < -0.3 is 15.0 Å². The molecule has 1 aromatic heterocycles. The molecular weight excluding hydrogens is 260 g/mol. The number of thioether (sulfide) groups is 1. The Morgan fingerprint density at radius 2 is 2.32 bits per heavy atom. The number of aromatic nitrogens is 2. The monoisotopic (exact) mass is 282 g/mol. The van der Waals surface area contributed by atoms with E-state index in [9.17, 15) is 0 Å². The summed E-state index contributed by atoms with van der Waals surface area (Å²) in [5.41, 5.74) is 0. The summed E-state index contributed by atoms with van der Waals surface area (Å²) < 4.78 is 5.85. The molecule has 6 heteroatoms. The number of likely N-dealkylation sites (tertiary alicyclic amines) is 1. The fourth-order valence-corrected chi connectivity index (χ4v) is 2.60. The Bertz CT molecular complexity index is 393. The van der Waals surface area contributed by atoms with Crippen molar-refractivity contribution >= 4 is 17.6 Å². The van der Waals surface area contributed by atoms with E-state index in [0.29, 0.717) is 18.5 Å². The van der Waals surface area contributed by atoms with Gasteiger partial charge in [0.05, 0.1) is 0 Å². The lowest BCUT2D eigenvalue weighted by molar-refractivity contribution is 0.122. The third-order valence-corrected chi connectivity index (χ3v) is 4.01. The van der Waals surface area contributed by atoms with Crippen LogP contribution in [0.3, 0.4) is 0 Å². The first-order valence-corrected chi connectivity index (χ1v) is 7.89. The zero-order valence-corrected chi connectivity index (χ0v) is 12.7. The van der Waals surface area contributed by atoms with E-state index in [1.54, 1.807) is 0 Å². The molecule has 1 unspecified atom stereocenters. The summed E-state index contributed by atoms with van der Waals surface area (Å²) in [5, 5.41) is 3.77. The van der Waals surface area contributed by atoms with Crippen molar-refractivity contribution in [2.75, 3.05) is 38.8 Å². The quantitative estimate of drug-likeness (QED) is 0.659. The van der Waals surface area contributed by atoms with Crippen molar-refractivity contribution in [2.24, 2.45) is 0 Å². The number of nitrogens with zero attached hydrogens (tertiary/aromatic N) is 3. The molecule has 2 rings (SSSR count). The summed E-state index contributed by atoms with van der Waals surface area (Å²) in [7, 11) is 4.02. The van der Waals surface area contributed by atoms with Crippen molar-refractivity contribution in [2.45, 2.75) is 30.5 Å². The van der Waals surface area contributed by atoms with Crippen LogP contribution >= 0.6 is 11.8 Å². The maximum atomic E-state index is 5.85. The van der Waals surface area contributed by atoms with Crippen molar-refractivity contribution in [3.63, 3.8) is 0 Å². The van der Waals surface area contributed by atoms with Crippen LogP contribution < -0.4 is 10.1 Å². The van der Waals surface area contributed by atoms with Crippen LogP contribution in [-0.4, -0.2) is 54.4 Å². The van der Waals surface area contributed by atoms with Gasteiger partial charge in [-0.15, -0.1) is 0 Å². The Labute approximate surface area is 119 Å². The van der Waals surface area contributed by atoms with Gasteiger partial charge in [0.2, 0.25) is 5.88 Å². The van der Waals surface area contributed by atoms with Crippen LogP contribution in [0.4, 0.5) is 5.82 Å². The van der Waals surface area contributed by atoms with Crippen LogP contribution in [-0.2, 0) is 0 Å². The molecule has 1 saturated heterocycles. The molecule has 0 spiro atoms. The second-order valence-corrected chi connectivity index (χ2v) is 5.54. The van der Waals surface area contributed by atoms with Gasteiger partial charge in [0, 0.05) is 19.2 Å². The minimum atomic E-state index is 0.500. The zero-order valence-electron chi connectivity index (χ0n) is 11.8. The number of anilines is 1. The Kier molecular flexibility index (Phi) is 5.27. The summed E-state index contributed by atoms with van der Waals surface area (Å²) in [5.74, 6) is 1.45. The van der Waals surface area contributed by atoms with Gasteiger partial charge in [-0.3, -0.25) is 0 Å². The highest BCUT2D eigenvalue weighted by molar-refractivity contribution is 7.98. The lowest BCUT2D eigenvalue weighted by Gasteiger charge is -2.31. The van der Waals surface area contributed by atoms with Crippen molar-refractivity contribution in [1.29, 1.82) is 0 Å². The fraction of sp³-hybridized carbons (Fsp3) is 0.692. The molecule has 1 N–H and O–H groups in total. The molecule has 1 aliphatic heterocycles. The van der Waals surface area contributed by atoms with Crippen molar-refractivity contribution in [3.05, 3.63) is 6.07 Å². The van der Waals surface area contributed by atoms with E-state index in [4.69, 9.17) is 4.74 Å². The molecule has 0 aromatic carbocycles. The molecule has 1 fully saturated rings. The first kappa shape index (κ1) is 14.4. The maximum absolute atomic E-state index is 5.85. The molecule has 1 atom stereocenters. The number of piperidine rings is 1. The molecule has 19 heavy (non-hydrogen) atoms. The molecule has 1 aliphatic rings. The van der Waals surface area contributed by atoms with Crippen molar-refractivity contribution in [1.82, 2.24) is 14.9 Å². The van der Waals surface area contributed by atoms with Crippen LogP contribution in [0.1, 0.15) is 19.3 Å². The summed E-state index contributed by atoms with van der Waals surface area (Å²) in [6.45, 7) is 1.86. The smallest absolute Gasteiger partial charge is 0.219 e. The first-order chi connectivity index (χ1) is 9.22. The van der Waals surface area contributed by atoms with E-state index in [1.807, 2.05) is 19.4 Å². The third kappa shape index (κ3) is 3.98. The van der Waals surface area contributed by atoms with Gasteiger partial charge >= 0.3 is 0 Å². The molecule has 1 aromatic rings. The zero-order chi connectivity index (χ0) is 13.7. The van der Waals surface area contributed by atoms with E-state index in [0.717, 1.165) is 17.5 Å². The number of hydrogen-bond donors (Lipinski definition) is 1. The van der Waals surface area contributed by atoms with Gasteiger partial charge in [0.15, 0.2) is 5.16 Å². The van der Waals surface area contributed by atoms with E-state index in [2.05, 4.69) is 27.2 Å². The Morgan fingerprint density at radius 1 is 1.47 bits per heavy atom. The molecule has 2 heterocycles. The maximum Gasteiger partial charge on any atom is 0.219 e. The standard InChI is InChI=1S/C13H22N4OS/c1-14-11-8-12(16-13(15-11)19-3)18-9-10-6-4-5-7-17(10)2/h8,10H,4-7,9H2,1-3H3,(H,14,15,16). The molecule has 5 nitrogen and oxygen atoms in total. The van der Waals surface area contributed by atoms with Crippen LogP contribution in [0.2, 0.25) is 0 Å². The molecule has 106 valence electrons. The molecule has 0 saturated carbocycles. The van der Waals surface area contributed by atoms with Crippen molar-refractivity contribution in [3.8, 4) is 5.88 Å². The Balaban J connectivity index is 1.98. The summed E-state index contributed by atoms with van der Waals surface area (Å²) >= 11 is 1.52. The SMILES string of the molecule is CNc1cc(OCC2CCCCN2C)nc(SC)n1. The average Bonchev–Trinajstić information content (AvgIpc) is 2.46. The lowest BCUT2D eigenvalue weighted by atomic mass is 10.0. The van der Waals surface area contributed by atoms with Crippen LogP contribution in [0, 0.1) is 0 Å². The second-order valence-electron chi connectivity index (χ2n) is 4.77. The Morgan fingerprint density at radius 3 is 3.00 bits per heavy atom. The predicted molar refractivity (Wildman–Crippen MR) is 79.1 cm³/mol. The molecule has 0 bridgehead atoms. The van der Waals surface area contributed by atoms with Gasteiger partial charge in [-0.1, -0.05) is 18.2 Å². The van der Waals surface area contributed by atoms with E-state index in [-0.39, 0.29) is 0 Å². The van der Waals surface area contributed by atoms with Crippen LogP contribution in [0.5, 0.6) is 5.88 Å². The molecule has 0 amide bonds. The number of likely N-dealkylation sites (N-methyl/N-ethyl adjacent to an activating group) is 1. The minimum absolute atomic E-state index is 0.500. The van der Waals surface area contributed by atoms with Crippen LogP contribution in [0.25, 0.3) is 0 Å². The van der Waals surface area contributed by atoms with E-state index < -0.39 is 0 Å². The first-order valence-electron chi connectivity index (χ1n) is 6.67. The summed E-state index contributed by atoms with van der Waals surface area (Å²) in [4.78, 5) is 11.1. The number of hydrogen-bond acceptors (Lipinski definition) is 6. The minimum Gasteiger partial charge on any atom is -0.476 e. The molecule has 0 radical (unpaired) electrons. The van der Waals surface area contributed by atoms with Gasteiger partial charge in [-0.25, -0.2) is 4.98 Å². The highest BCUT2D eigenvalue weighted by Crippen LogP contribution is 2.20. The van der Waals surface area contributed by atoms with Gasteiger partial charge in [0.1, 0.15) is 12.4 Å². The summed E-state index contributed by atoms with van der Waals surface area (Å²) in [6, 6.07) is 2.35. The molecule has 0 aliphatic carbocycles. The lowest BCUT2D eigenvalue weighted by Crippen LogP contribution is -2.40. The van der Waals surface area contributed by atoms with Gasteiger partial charge in [-0.05, 0) is 32.7 Å². The summed E-state index contributed by atoms with van der Waals surface area (Å²) in [6.07, 6.45) is 5.75. The van der Waals surface area contributed by atoms with Gasteiger partial charge in [-0.2, -0.15) is 4.98 Å². The normalized spacial score (nSPS) is 20.3. The van der Waals surface area contributed by atoms with E-state index in [1.165, 1.54) is 31.0 Å². The molecular formula is C13H22N4OS. The van der Waals surface area contributed by atoms with Crippen LogP contribution in [0.15, 0.2) is 11.2 Å². The van der Waals surface area contributed by atoms with E-state index >= 15 is 0 Å². The van der Waals surface area contributed by atoms with Crippen molar-refractivity contribution < 1.29 is 4.74 Å². The Hall–Kier alpha value is -1.01. The third-order valence-electron chi connectivity index (χ3n) is 3.47. The average molecular weight is 282 g/mol.